The highest BCUT2D eigenvalue weighted by Gasteiger charge is 2.49. The van der Waals surface area contributed by atoms with Crippen molar-refractivity contribution in [2.45, 2.75) is 38.8 Å². The van der Waals surface area contributed by atoms with Gasteiger partial charge in [-0.3, -0.25) is 0 Å². The molecule has 1 atom stereocenters. The summed E-state index contributed by atoms with van der Waals surface area (Å²) in [4.78, 5) is 11.5. The van der Waals surface area contributed by atoms with E-state index in [2.05, 4.69) is 19.6 Å². The van der Waals surface area contributed by atoms with Crippen molar-refractivity contribution in [3.63, 3.8) is 0 Å². The zero-order valence-corrected chi connectivity index (χ0v) is 17.0. The molecule has 1 N–H and O–H groups in total. The summed E-state index contributed by atoms with van der Waals surface area (Å²) < 4.78 is 45.7. The quantitative estimate of drug-likeness (QED) is 0.730. The summed E-state index contributed by atoms with van der Waals surface area (Å²) >= 11 is 0. The Morgan fingerprint density at radius 1 is 1.11 bits per heavy atom. The number of rotatable bonds is 3. The molecule has 0 amide bonds. The molecular formula is C21H21F3O3Si. The summed E-state index contributed by atoms with van der Waals surface area (Å²) in [5.41, 5.74) is 1.87. The molecule has 0 saturated heterocycles. The minimum atomic E-state index is -4.83. The van der Waals surface area contributed by atoms with E-state index in [4.69, 9.17) is 4.74 Å². The van der Waals surface area contributed by atoms with Crippen LogP contribution in [0.25, 0.3) is 17.2 Å². The van der Waals surface area contributed by atoms with Gasteiger partial charge in [0.25, 0.3) is 0 Å². The van der Waals surface area contributed by atoms with Crippen LogP contribution < -0.4 is 9.92 Å². The molecule has 0 fully saturated rings. The fourth-order valence-corrected chi connectivity index (χ4v) is 4.28. The lowest BCUT2D eigenvalue weighted by molar-refractivity contribution is -0.187. The maximum atomic E-state index is 13.5. The molecule has 3 rings (SSSR count). The Morgan fingerprint density at radius 3 is 2.21 bits per heavy atom. The standard InChI is InChI=1S/C21H21F3O3Si/c1-12-5-7-13(8-6-12)16-11-15(28(2,3)4)9-14-10-17(20(25)26)19(21(22,23)24)27-18(14)16/h5-11,19H,1-4H3,(H,25,26). The first-order valence-electron chi connectivity index (χ1n) is 8.82. The van der Waals surface area contributed by atoms with Crippen molar-refractivity contribution in [1.82, 2.24) is 0 Å². The predicted molar refractivity (Wildman–Crippen MR) is 106 cm³/mol. The van der Waals surface area contributed by atoms with Crippen LogP contribution in [-0.2, 0) is 4.79 Å². The predicted octanol–water partition coefficient (Wildman–Crippen LogP) is 5.00. The van der Waals surface area contributed by atoms with E-state index in [1.165, 1.54) is 0 Å². The van der Waals surface area contributed by atoms with Gasteiger partial charge in [-0.25, -0.2) is 4.79 Å². The van der Waals surface area contributed by atoms with Crippen molar-refractivity contribution >= 4 is 25.3 Å². The molecule has 0 saturated carbocycles. The summed E-state index contributed by atoms with van der Waals surface area (Å²) in [6.45, 7) is 8.29. The third-order valence-corrected chi connectivity index (χ3v) is 6.74. The Bertz CT molecular complexity index is 955. The molecule has 0 radical (unpaired) electrons. The van der Waals surface area contributed by atoms with Crippen molar-refractivity contribution in [3.05, 3.63) is 53.1 Å². The number of alkyl halides is 3. The van der Waals surface area contributed by atoms with Gasteiger partial charge in [-0.1, -0.05) is 66.8 Å². The maximum absolute atomic E-state index is 13.5. The van der Waals surface area contributed by atoms with Gasteiger partial charge in [0.15, 0.2) is 0 Å². The Kier molecular flexibility index (Phi) is 4.91. The number of carbonyl (C=O) groups is 1. The molecule has 7 heteroatoms. The zero-order valence-electron chi connectivity index (χ0n) is 16.0. The lowest BCUT2D eigenvalue weighted by Gasteiger charge is -2.30. The fraction of sp³-hybridized carbons (Fsp3) is 0.286. The van der Waals surface area contributed by atoms with Crippen LogP contribution in [0.3, 0.4) is 0 Å². The van der Waals surface area contributed by atoms with Crippen LogP contribution in [0.5, 0.6) is 5.75 Å². The smallest absolute Gasteiger partial charge is 0.430 e. The van der Waals surface area contributed by atoms with Gasteiger partial charge < -0.3 is 9.84 Å². The molecule has 0 aliphatic carbocycles. The van der Waals surface area contributed by atoms with E-state index in [0.717, 1.165) is 22.4 Å². The number of aryl methyl sites for hydroxylation is 1. The molecule has 0 bridgehead atoms. The van der Waals surface area contributed by atoms with Crippen molar-refractivity contribution in [3.8, 4) is 16.9 Å². The van der Waals surface area contributed by atoms with Gasteiger partial charge in [-0.2, -0.15) is 13.2 Å². The number of fused-ring (bicyclic) bond motifs is 1. The van der Waals surface area contributed by atoms with E-state index in [1.807, 2.05) is 37.3 Å². The summed E-state index contributed by atoms with van der Waals surface area (Å²) in [6.07, 6.45) is -6.23. The molecule has 1 heterocycles. The van der Waals surface area contributed by atoms with E-state index in [1.54, 1.807) is 6.07 Å². The van der Waals surface area contributed by atoms with Crippen LogP contribution in [0.1, 0.15) is 11.1 Å². The molecule has 28 heavy (non-hydrogen) atoms. The van der Waals surface area contributed by atoms with Crippen LogP contribution in [0.2, 0.25) is 19.6 Å². The van der Waals surface area contributed by atoms with Gasteiger partial charge in [-0.05, 0) is 18.6 Å². The van der Waals surface area contributed by atoms with Crippen molar-refractivity contribution in [2.75, 3.05) is 0 Å². The lowest BCUT2D eigenvalue weighted by Crippen LogP contribution is -2.42. The van der Waals surface area contributed by atoms with E-state index in [0.29, 0.717) is 11.1 Å². The number of carboxylic acid groups (broad SMARTS) is 1. The third kappa shape index (κ3) is 3.85. The number of ether oxygens (including phenoxy) is 1. The number of hydrogen-bond donors (Lipinski definition) is 1. The first-order chi connectivity index (χ1) is 12.9. The Hall–Kier alpha value is -2.54. The first-order valence-corrected chi connectivity index (χ1v) is 12.3. The second-order valence-corrected chi connectivity index (χ2v) is 13.1. The molecule has 2 aromatic rings. The van der Waals surface area contributed by atoms with Gasteiger partial charge in [0, 0.05) is 11.1 Å². The molecule has 0 aromatic heterocycles. The number of halogens is 3. The molecular weight excluding hydrogens is 385 g/mol. The van der Waals surface area contributed by atoms with E-state index >= 15 is 0 Å². The zero-order chi connectivity index (χ0) is 20.9. The summed E-state index contributed by atoms with van der Waals surface area (Å²) in [5.74, 6) is -1.57. The highest BCUT2D eigenvalue weighted by atomic mass is 28.3. The number of carboxylic acids is 1. The van der Waals surface area contributed by atoms with E-state index < -0.39 is 31.9 Å². The van der Waals surface area contributed by atoms with Gasteiger partial charge in [-0.15, -0.1) is 0 Å². The molecule has 1 aliphatic heterocycles. The second kappa shape index (κ2) is 6.81. The highest BCUT2D eigenvalue weighted by molar-refractivity contribution is 6.88. The molecule has 2 aromatic carbocycles. The highest BCUT2D eigenvalue weighted by Crippen LogP contribution is 2.42. The van der Waals surface area contributed by atoms with Gasteiger partial charge in [0.05, 0.1) is 13.6 Å². The minimum Gasteiger partial charge on any atom is -0.478 e. The Balaban J connectivity index is 2.30. The molecule has 1 aliphatic rings. The Labute approximate surface area is 162 Å². The summed E-state index contributed by atoms with van der Waals surface area (Å²) in [6, 6.07) is 11.1. The topological polar surface area (TPSA) is 46.5 Å². The van der Waals surface area contributed by atoms with Crippen LogP contribution in [0, 0.1) is 6.92 Å². The summed E-state index contributed by atoms with van der Waals surface area (Å²) in [5, 5.41) is 10.3. The van der Waals surface area contributed by atoms with Gasteiger partial charge >= 0.3 is 12.1 Å². The van der Waals surface area contributed by atoms with E-state index in [-0.39, 0.29) is 5.75 Å². The van der Waals surface area contributed by atoms with Crippen molar-refractivity contribution in [2.24, 2.45) is 0 Å². The average molecular weight is 406 g/mol. The van der Waals surface area contributed by atoms with Crippen LogP contribution in [0.4, 0.5) is 13.2 Å². The van der Waals surface area contributed by atoms with Crippen LogP contribution in [0.15, 0.2) is 42.0 Å². The minimum absolute atomic E-state index is 0.0678. The summed E-state index contributed by atoms with van der Waals surface area (Å²) in [7, 11) is -1.83. The Morgan fingerprint density at radius 2 is 1.71 bits per heavy atom. The number of benzene rings is 2. The third-order valence-electron chi connectivity index (χ3n) is 4.72. The number of aliphatic carboxylic acids is 1. The lowest BCUT2D eigenvalue weighted by atomic mass is 9.95. The van der Waals surface area contributed by atoms with Crippen LogP contribution >= 0.6 is 0 Å². The number of hydrogen-bond acceptors (Lipinski definition) is 2. The normalized spacial score (nSPS) is 16.8. The maximum Gasteiger partial charge on any atom is 0.430 e. The van der Waals surface area contributed by atoms with Crippen LogP contribution in [-0.4, -0.2) is 31.4 Å². The van der Waals surface area contributed by atoms with E-state index in [9.17, 15) is 23.1 Å². The second-order valence-electron chi connectivity index (χ2n) is 8.00. The first kappa shape index (κ1) is 20.2. The monoisotopic (exact) mass is 406 g/mol. The van der Waals surface area contributed by atoms with Crippen molar-refractivity contribution in [1.29, 1.82) is 0 Å². The van der Waals surface area contributed by atoms with Gasteiger partial charge in [0.1, 0.15) is 5.75 Å². The van der Waals surface area contributed by atoms with Crippen molar-refractivity contribution < 1.29 is 27.8 Å². The largest absolute Gasteiger partial charge is 0.478 e. The SMILES string of the molecule is Cc1ccc(-c2cc([Si](C)(C)C)cc3c2OC(C(F)(F)F)C(C(=O)O)=C3)cc1. The molecule has 1 unspecified atom stereocenters. The molecule has 3 nitrogen and oxygen atoms in total. The molecule has 0 spiro atoms. The molecule has 148 valence electrons. The average Bonchev–Trinajstić information content (AvgIpc) is 2.58. The van der Waals surface area contributed by atoms with Gasteiger partial charge in [0.2, 0.25) is 6.10 Å². The fourth-order valence-electron chi connectivity index (χ4n) is 3.11.